The van der Waals surface area contributed by atoms with Gasteiger partial charge < -0.3 is 5.73 Å². The van der Waals surface area contributed by atoms with Gasteiger partial charge >= 0.3 is 0 Å². The van der Waals surface area contributed by atoms with Crippen LogP contribution in [0.5, 0.6) is 0 Å². The minimum atomic E-state index is -0.947. The van der Waals surface area contributed by atoms with Crippen LogP contribution in [-0.2, 0) is 6.42 Å². The lowest BCUT2D eigenvalue weighted by molar-refractivity contribution is 0.188. The van der Waals surface area contributed by atoms with E-state index in [1.54, 1.807) is 0 Å². The maximum Gasteiger partial charge on any atom is 0.129 e. The van der Waals surface area contributed by atoms with Gasteiger partial charge in [0.25, 0.3) is 0 Å². The van der Waals surface area contributed by atoms with E-state index in [4.69, 9.17) is 5.73 Å². The predicted molar refractivity (Wildman–Crippen MR) is 71.7 cm³/mol. The Balaban J connectivity index is 2.86. The molecule has 0 radical (unpaired) electrons. The zero-order valence-corrected chi connectivity index (χ0v) is 11.1. The number of alkyl halides is 1. The first-order valence-corrected chi connectivity index (χ1v) is 6.53. The fourth-order valence-electron chi connectivity index (χ4n) is 2.19. The fourth-order valence-corrected chi connectivity index (χ4v) is 2.19. The van der Waals surface area contributed by atoms with Gasteiger partial charge in [0.1, 0.15) is 6.17 Å². The van der Waals surface area contributed by atoms with Crippen molar-refractivity contribution in [2.75, 3.05) is 6.54 Å². The van der Waals surface area contributed by atoms with Crippen LogP contribution in [0.3, 0.4) is 0 Å². The van der Waals surface area contributed by atoms with Gasteiger partial charge in [-0.1, -0.05) is 51.5 Å². The first-order valence-electron chi connectivity index (χ1n) is 6.53. The molecule has 1 aromatic carbocycles. The molecule has 0 aliphatic rings. The molecule has 2 unspecified atom stereocenters. The molecule has 2 atom stereocenters. The first-order chi connectivity index (χ1) is 8.10. The molecule has 2 N–H and O–H groups in total. The topological polar surface area (TPSA) is 26.0 Å². The van der Waals surface area contributed by atoms with Crippen LogP contribution in [0.15, 0.2) is 24.3 Å². The van der Waals surface area contributed by atoms with Gasteiger partial charge in [-0.3, -0.25) is 0 Å². The van der Waals surface area contributed by atoms with E-state index in [1.165, 1.54) is 5.56 Å². The van der Waals surface area contributed by atoms with Gasteiger partial charge in [-0.25, -0.2) is 4.39 Å². The molecule has 0 saturated heterocycles. The van der Waals surface area contributed by atoms with Gasteiger partial charge in [0.2, 0.25) is 0 Å². The molecular formula is C15H24FN. The van der Waals surface area contributed by atoms with Crippen LogP contribution in [0.25, 0.3) is 0 Å². The Morgan fingerprint density at radius 2 is 2.00 bits per heavy atom. The molecule has 1 aromatic rings. The molecular weight excluding hydrogens is 213 g/mol. The zero-order valence-electron chi connectivity index (χ0n) is 11.1. The van der Waals surface area contributed by atoms with Gasteiger partial charge in [-0.05, 0) is 30.0 Å². The molecule has 0 aliphatic heterocycles. The van der Waals surface area contributed by atoms with Crippen LogP contribution < -0.4 is 5.73 Å². The predicted octanol–water partition coefficient (Wildman–Crippen LogP) is 3.88. The minimum Gasteiger partial charge on any atom is -0.330 e. The Hall–Kier alpha value is -0.890. The highest BCUT2D eigenvalue weighted by Crippen LogP contribution is 2.31. The average molecular weight is 237 g/mol. The molecule has 0 bridgehead atoms. The van der Waals surface area contributed by atoms with Crippen LogP contribution in [0, 0.1) is 11.8 Å². The Morgan fingerprint density at radius 1 is 1.29 bits per heavy atom. The second-order valence-corrected chi connectivity index (χ2v) is 5.04. The monoisotopic (exact) mass is 237 g/mol. The highest BCUT2D eigenvalue weighted by molar-refractivity contribution is 5.26. The molecule has 0 heterocycles. The SMILES string of the molecule is CCCc1cccc(C(F)C(CN)C(C)C)c1. The van der Waals surface area contributed by atoms with Crippen LogP contribution in [0.4, 0.5) is 4.39 Å². The summed E-state index contributed by atoms with van der Waals surface area (Å²) in [4.78, 5) is 0. The van der Waals surface area contributed by atoms with Gasteiger partial charge in [0.15, 0.2) is 0 Å². The van der Waals surface area contributed by atoms with E-state index in [-0.39, 0.29) is 11.8 Å². The van der Waals surface area contributed by atoms with Crippen molar-refractivity contribution in [2.24, 2.45) is 17.6 Å². The van der Waals surface area contributed by atoms with Crippen molar-refractivity contribution in [3.63, 3.8) is 0 Å². The van der Waals surface area contributed by atoms with E-state index in [0.717, 1.165) is 18.4 Å². The second-order valence-electron chi connectivity index (χ2n) is 5.04. The second kappa shape index (κ2) is 6.75. The lowest BCUT2D eigenvalue weighted by atomic mass is 9.87. The van der Waals surface area contributed by atoms with Gasteiger partial charge in [0.05, 0.1) is 0 Å². The largest absolute Gasteiger partial charge is 0.330 e. The van der Waals surface area contributed by atoms with Crippen molar-refractivity contribution in [2.45, 2.75) is 39.8 Å². The van der Waals surface area contributed by atoms with Crippen molar-refractivity contribution in [1.82, 2.24) is 0 Å². The molecule has 2 heteroatoms. The summed E-state index contributed by atoms with van der Waals surface area (Å²) >= 11 is 0. The standard InChI is InChI=1S/C15H24FN/c1-4-6-12-7-5-8-13(9-12)15(16)14(10-17)11(2)3/h5,7-9,11,14-15H,4,6,10,17H2,1-3H3. The Morgan fingerprint density at radius 3 is 2.53 bits per heavy atom. The third-order valence-electron chi connectivity index (χ3n) is 3.31. The summed E-state index contributed by atoms with van der Waals surface area (Å²) in [6.07, 6.45) is 1.15. The molecule has 96 valence electrons. The average Bonchev–Trinajstić information content (AvgIpc) is 2.30. The summed E-state index contributed by atoms with van der Waals surface area (Å²) < 4.78 is 14.4. The maximum absolute atomic E-state index is 14.4. The van der Waals surface area contributed by atoms with E-state index >= 15 is 0 Å². The zero-order chi connectivity index (χ0) is 12.8. The number of aryl methyl sites for hydroxylation is 1. The van der Waals surface area contributed by atoms with E-state index < -0.39 is 6.17 Å². The Kier molecular flexibility index (Phi) is 5.63. The molecule has 0 saturated carbocycles. The van der Waals surface area contributed by atoms with Crippen molar-refractivity contribution < 1.29 is 4.39 Å². The molecule has 0 amide bonds. The van der Waals surface area contributed by atoms with Crippen LogP contribution >= 0.6 is 0 Å². The van der Waals surface area contributed by atoms with Crippen molar-refractivity contribution in [3.05, 3.63) is 35.4 Å². The van der Waals surface area contributed by atoms with Crippen LogP contribution in [0.1, 0.15) is 44.5 Å². The summed E-state index contributed by atoms with van der Waals surface area (Å²) in [5.74, 6) is 0.178. The number of benzene rings is 1. The first kappa shape index (κ1) is 14.2. The van der Waals surface area contributed by atoms with Gasteiger partial charge in [-0.15, -0.1) is 0 Å². The Bertz CT molecular complexity index is 335. The smallest absolute Gasteiger partial charge is 0.129 e. The molecule has 0 aliphatic carbocycles. The summed E-state index contributed by atoms with van der Waals surface area (Å²) in [6.45, 7) is 6.59. The normalized spacial score (nSPS) is 14.9. The minimum absolute atomic E-state index is 0.0909. The van der Waals surface area contributed by atoms with Crippen molar-refractivity contribution in [3.8, 4) is 0 Å². The molecule has 1 nitrogen and oxygen atoms in total. The molecule has 0 spiro atoms. The quantitative estimate of drug-likeness (QED) is 0.798. The lowest BCUT2D eigenvalue weighted by Gasteiger charge is -2.23. The summed E-state index contributed by atoms with van der Waals surface area (Å²) in [5.41, 5.74) is 7.66. The van der Waals surface area contributed by atoms with Gasteiger partial charge in [0, 0.05) is 5.92 Å². The number of halogens is 1. The van der Waals surface area contributed by atoms with Gasteiger partial charge in [-0.2, -0.15) is 0 Å². The van der Waals surface area contributed by atoms with E-state index in [0.29, 0.717) is 6.54 Å². The summed E-state index contributed by atoms with van der Waals surface area (Å²) in [6, 6.07) is 7.86. The summed E-state index contributed by atoms with van der Waals surface area (Å²) in [7, 11) is 0. The highest BCUT2D eigenvalue weighted by atomic mass is 19.1. The van der Waals surface area contributed by atoms with Crippen LogP contribution in [0.2, 0.25) is 0 Å². The fraction of sp³-hybridized carbons (Fsp3) is 0.600. The van der Waals surface area contributed by atoms with E-state index in [2.05, 4.69) is 13.0 Å². The number of hydrogen-bond acceptors (Lipinski definition) is 1. The molecule has 17 heavy (non-hydrogen) atoms. The molecule has 1 rings (SSSR count). The molecule has 0 aromatic heterocycles. The highest BCUT2D eigenvalue weighted by Gasteiger charge is 2.24. The van der Waals surface area contributed by atoms with E-state index in [9.17, 15) is 4.39 Å². The third kappa shape index (κ3) is 3.81. The number of nitrogens with two attached hydrogens (primary N) is 1. The Labute approximate surface area is 104 Å². The van der Waals surface area contributed by atoms with E-state index in [1.807, 2.05) is 32.0 Å². The number of hydrogen-bond donors (Lipinski definition) is 1. The van der Waals surface area contributed by atoms with Crippen LogP contribution in [-0.4, -0.2) is 6.54 Å². The maximum atomic E-state index is 14.4. The van der Waals surface area contributed by atoms with Crippen molar-refractivity contribution in [1.29, 1.82) is 0 Å². The third-order valence-corrected chi connectivity index (χ3v) is 3.31. The lowest BCUT2D eigenvalue weighted by Crippen LogP contribution is -2.24. The molecule has 0 fully saturated rings. The number of rotatable bonds is 6. The summed E-state index contributed by atoms with van der Waals surface area (Å²) in [5, 5.41) is 0. The van der Waals surface area contributed by atoms with Crippen molar-refractivity contribution >= 4 is 0 Å².